The Kier molecular flexibility index (Phi) is 6.79. The molecule has 0 aliphatic heterocycles. The molecule has 1 aromatic heterocycles. The molecular weight excluding hydrogens is 386 g/mol. The van der Waals surface area contributed by atoms with Crippen molar-refractivity contribution in [2.24, 2.45) is 4.99 Å². The average molecular weight is 412 g/mol. The minimum atomic E-state index is -3.57. The fourth-order valence-electron chi connectivity index (χ4n) is 3.06. The quantitative estimate of drug-likeness (QED) is 0.315. The number of aliphatic imine (C=N–C) groups is 1. The molecule has 0 fully saturated rings. The third-order valence-electron chi connectivity index (χ3n) is 4.52. The summed E-state index contributed by atoms with van der Waals surface area (Å²) in [5.74, 6) is 0.603. The van der Waals surface area contributed by atoms with Crippen molar-refractivity contribution in [3.8, 4) is 0 Å². The normalized spacial score (nSPS) is 13.2. The Labute approximate surface area is 171 Å². The van der Waals surface area contributed by atoms with Crippen LogP contribution in [-0.2, 0) is 10.0 Å². The van der Waals surface area contributed by atoms with Gasteiger partial charge in [-0.3, -0.25) is 9.98 Å². The number of hydrogen-bond acceptors (Lipinski definition) is 4. The summed E-state index contributed by atoms with van der Waals surface area (Å²) in [5, 5.41) is 8.87. The van der Waals surface area contributed by atoms with Gasteiger partial charge in [0.2, 0.25) is 10.0 Å². The fourth-order valence-corrected chi connectivity index (χ4v) is 4.06. The largest absolute Gasteiger partial charge is 0.355 e. The summed E-state index contributed by atoms with van der Waals surface area (Å²) >= 11 is 0. The number of rotatable bonds is 7. The van der Waals surface area contributed by atoms with E-state index in [1.807, 2.05) is 18.2 Å². The highest BCUT2D eigenvalue weighted by molar-refractivity contribution is 7.89. The Morgan fingerprint density at radius 3 is 2.62 bits per heavy atom. The van der Waals surface area contributed by atoms with Crippen LogP contribution in [-0.4, -0.2) is 39.5 Å². The Morgan fingerprint density at radius 2 is 1.86 bits per heavy atom. The summed E-state index contributed by atoms with van der Waals surface area (Å²) in [6.45, 7) is 2.68. The molecular formula is C21H25N5O2S. The van der Waals surface area contributed by atoms with E-state index in [9.17, 15) is 8.42 Å². The number of hydrogen-bond donors (Lipinski definition) is 3. The van der Waals surface area contributed by atoms with E-state index in [0.29, 0.717) is 12.5 Å². The zero-order valence-corrected chi connectivity index (χ0v) is 17.3. The standard InChI is InChI=1S/C21H25N5O2S/c1-16(19-11-5-8-17-7-3-4-10-20(17)19)26-21(22-2)24-13-14-25-29(27,28)18-9-6-12-23-15-18/h3-12,15-16,25H,13-14H2,1-2H3,(H2,22,24,26). The maximum absolute atomic E-state index is 12.2. The van der Waals surface area contributed by atoms with Crippen molar-refractivity contribution in [3.05, 3.63) is 72.6 Å². The molecule has 0 aliphatic rings. The van der Waals surface area contributed by atoms with Gasteiger partial charge in [0.05, 0.1) is 6.04 Å². The van der Waals surface area contributed by atoms with Crippen LogP contribution in [0.25, 0.3) is 10.8 Å². The highest BCUT2D eigenvalue weighted by Crippen LogP contribution is 2.23. The molecule has 0 aliphatic carbocycles. The number of nitrogens with one attached hydrogen (secondary N) is 3. The average Bonchev–Trinajstić information content (AvgIpc) is 2.76. The molecule has 1 unspecified atom stereocenters. The Hall–Kier alpha value is -2.97. The molecule has 2 aromatic carbocycles. The predicted molar refractivity (Wildman–Crippen MR) is 116 cm³/mol. The molecule has 152 valence electrons. The summed E-state index contributed by atoms with van der Waals surface area (Å²) in [6, 6.07) is 17.6. The van der Waals surface area contributed by atoms with Crippen molar-refractivity contribution >= 4 is 26.8 Å². The second-order valence-electron chi connectivity index (χ2n) is 6.52. The van der Waals surface area contributed by atoms with Gasteiger partial charge < -0.3 is 10.6 Å². The topological polar surface area (TPSA) is 95.5 Å². The van der Waals surface area contributed by atoms with Crippen LogP contribution in [0.4, 0.5) is 0 Å². The van der Waals surface area contributed by atoms with E-state index in [1.54, 1.807) is 13.1 Å². The van der Waals surface area contributed by atoms with E-state index in [2.05, 4.69) is 56.5 Å². The van der Waals surface area contributed by atoms with Gasteiger partial charge in [0.15, 0.2) is 5.96 Å². The first-order chi connectivity index (χ1) is 14.0. The summed E-state index contributed by atoms with van der Waals surface area (Å²) < 4.78 is 27.0. The molecule has 0 bridgehead atoms. The summed E-state index contributed by atoms with van der Waals surface area (Å²) in [4.78, 5) is 8.22. The molecule has 0 saturated heterocycles. The number of pyridine rings is 1. The molecule has 3 rings (SSSR count). The molecule has 0 amide bonds. The van der Waals surface area contributed by atoms with Gasteiger partial charge in [0, 0.05) is 32.5 Å². The maximum atomic E-state index is 12.2. The molecule has 8 heteroatoms. The van der Waals surface area contributed by atoms with Crippen molar-refractivity contribution in [1.29, 1.82) is 0 Å². The first-order valence-electron chi connectivity index (χ1n) is 9.36. The molecule has 1 atom stereocenters. The van der Waals surface area contributed by atoms with Gasteiger partial charge in [-0.2, -0.15) is 0 Å². The van der Waals surface area contributed by atoms with Crippen molar-refractivity contribution in [2.45, 2.75) is 17.9 Å². The Balaban J connectivity index is 1.56. The van der Waals surface area contributed by atoms with Crippen LogP contribution in [0.5, 0.6) is 0 Å². The second-order valence-corrected chi connectivity index (χ2v) is 8.29. The van der Waals surface area contributed by atoms with E-state index in [-0.39, 0.29) is 17.5 Å². The predicted octanol–water partition coefficient (Wildman–Crippen LogP) is 2.44. The first kappa shape index (κ1) is 20.8. The molecule has 0 saturated carbocycles. The van der Waals surface area contributed by atoms with Gasteiger partial charge in [-0.25, -0.2) is 13.1 Å². The monoisotopic (exact) mass is 411 g/mol. The van der Waals surface area contributed by atoms with Crippen LogP contribution in [0.15, 0.2) is 76.9 Å². The first-order valence-corrected chi connectivity index (χ1v) is 10.8. The van der Waals surface area contributed by atoms with Gasteiger partial charge in [0.25, 0.3) is 0 Å². The van der Waals surface area contributed by atoms with Gasteiger partial charge in [-0.05, 0) is 35.4 Å². The number of guanidine groups is 1. The molecule has 0 spiro atoms. The minimum Gasteiger partial charge on any atom is -0.355 e. The minimum absolute atomic E-state index is 0.0272. The Morgan fingerprint density at radius 1 is 1.07 bits per heavy atom. The number of nitrogens with zero attached hydrogens (tertiary/aromatic N) is 2. The van der Waals surface area contributed by atoms with E-state index in [0.717, 1.165) is 0 Å². The molecule has 0 radical (unpaired) electrons. The number of sulfonamides is 1. The summed E-state index contributed by atoms with van der Waals surface area (Å²) in [7, 11) is -1.88. The van der Waals surface area contributed by atoms with Gasteiger partial charge >= 0.3 is 0 Å². The van der Waals surface area contributed by atoms with Crippen LogP contribution < -0.4 is 15.4 Å². The van der Waals surface area contributed by atoms with E-state index < -0.39 is 10.0 Å². The van der Waals surface area contributed by atoms with Crippen molar-refractivity contribution < 1.29 is 8.42 Å². The summed E-state index contributed by atoms with van der Waals surface area (Å²) in [6.07, 6.45) is 2.86. The van der Waals surface area contributed by atoms with Crippen molar-refractivity contribution in [1.82, 2.24) is 20.3 Å². The lowest BCUT2D eigenvalue weighted by molar-refractivity contribution is 0.579. The van der Waals surface area contributed by atoms with Crippen LogP contribution in [0.3, 0.4) is 0 Å². The highest BCUT2D eigenvalue weighted by Gasteiger charge is 2.14. The molecule has 7 nitrogen and oxygen atoms in total. The number of aromatic nitrogens is 1. The number of fused-ring (bicyclic) bond motifs is 1. The van der Waals surface area contributed by atoms with E-state index >= 15 is 0 Å². The lowest BCUT2D eigenvalue weighted by Crippen LogP contribution is -2.42. The lowest BCUT2D eigenvalue weighted by atomic mass is 10.00. The van der Waals surface area contributed by atoms with Crippen LogP contribution >= 0.6 is 0 Å². The van der Waals surface area contributed by atoms with E-state index in [4.69, 9.17) is 0 Å². The smallest absolute Gasteiger partial charge is 0.242 e. The zero-order chi connectivity index (χ0) is 20.7. The SMILES string of the molecule is CN=C(NCCNS(=O)(=O)c1cccnc1)NC(C)c1cccc2ccccc12. The van der Waals surface area contributed by atoms with Crippen molar-refractivity contribution in [3.63, 3.8) is 0 Å². The second kappa shape index (κ2) is 9.49. The van der Waals surface area contributed by atoms with Crippen LogP contribution in [0, 0.1) is 0 Å². The van der Waals surface area contributed by atoms with E-state index in [1.165, 1.54) is 34.8 Å². The zero-order valence-electron chi connectivity index (χ0n) is 16.5. The lowest BCUT2D eigenvalue weighted by Gasteiger charge is -2.20. The van der Waals surface area contributed by atoms with Crippen LogP contribution in [0.2, 0.25) is 0 Å². The third-order valence-corrected chi connectivity index (χ3v) is 5.97. The van der Waals surface area contributed by atoms with Crippen molar-refractivity contribution in [2.75, 3.05) is 20.1 Å². The van der Waals surface area contributed by atoms with Gasteiger partial charge in [-0.1, -0.05) is 42.5 Å². The fraction of sp³-hybridized carbons (Fsp3) is 0.238. The van der Waals surface area contributed by atoms with Gasteiger partial charge in [0.1, 0.15) is 4.90 Å². The highest BCUT2D eigenvalue weighted by atomic mass is 32.2. The number of benzene rings is 2. The molecule has 1 heterocycles. The van der Waals surface area contributed by atoms with Gasteiger partial charge in [-0.15, -0.1) is 0 Å². The Bertz CT molecular complexity index is 1080. The molecule has 3 aromatic rings. The molecule has 3 N–H and O–H groups in total. The third kappa shape index (κ3) is 5.30. The van der Waals surface area contributed by atoms with Crippen LogP contribution in [0.1, 0.15) is 18.5 Å². The maximum Gasteiger partial charge on any atom is 0.242 e. The summed E-state index contributed by atoms with van der Waals surface area (Å²) in [5.41, 5.74) is 1.17. The molecule has 29 heavy (non-hydrogen) atoms.